The highest BCUT2D eigenvalue weighted by atomic mass is 16.6. The second-order valence-corrected chi connectivity index (χ2v) is 19.6. The Morgan fingerprint density at radius 2 is 1.11 bits per heavy atom. The third-order valence-corrected chi connectivity index (χ3v) is 13.9. The van der Waals surface area contributed by atoms with Crippen molar-refractivity contribution in [1.29, 1.82) is 0 Å². The Bertz CT molecular complexity index is 2180. The predicted octanol–water partition coefficient (Wildman–Crippen LogP) is 6.09. The van der Waals surface area contributed by atoms with E-state index in [0.717, 1.165) is 67.2 Å². The van der Waals surface area contributed by atoms with Crippen molar-refractivity contribution < 1.29 is 57.3 Å². The lowest BCUT2D eigenvalue weighted by atomic mass is 9.72. The van der Waals surface area contributed by atoms with Gasteiger partial charge in [-0.05, 0) is 89.9 Å². The van der Waals surface area contributed by atoms with Gasteiger partial charge in [0.15, 0.2) is 19.0 Å². The van der Waals surface area contributed by atoms with Crippen molar-refractivity contribution in [3.8, 4) is 11.1 Å². The number of nitrogens with zero attached hydrogens (tertiary/aromatic N) is 2. The number of alkyl carbamates (subject to hydrolysis) is 2. The molecule has 1 saturated carbocycles. The predicted molar refractivity (Wildman–Crippen MR) is 242 cm³/mol. The summed E-state index contributed by atoms with van der Waals surface area (Å²) in [5, 5.41) is 5.15. The Kier molecular flexibility index (Phi) is 16.0. The SMILES string of the molecule is COC(=O)N[C@H](C(=O)N1C[C@H](C)C[C@H]1C(=O)OCC(=O)c1ccc(-c2ccc(C(=O)COC(=O)[C@@H]3C[C@H](C)CN3C(=O)[C@@H](NC(=O)OC)C(C)C)cc2)c2c1CC1(CCCCC1)C2)C(C)C. The molecule has 16 nitrogen and oxygen atoms in total. The number of hydrogen-bond donors (Lipinski definition) is 2. The van der Waals surface area contributed by atoms with Crippen LogP contribution in [0.5, 0.6) is 0 Å². The van der Waals surface area contributed by atoms with Crippen LogP contribution in [0.25, 0.3) is 11.1 Å². The van der Waals surface area contributed by atoms with Gasteiger partial charge in [-0.2, -0.15) is 0 Å². The van der Waals surface area contributed by atoms with Gasteiger partial charge < -0.3 is 39.4 Å². The average Bonchev–Trinajstić information content (AvgIpc) is 4.01. The Morgan fingerprint density at radius 3 is 1.58 bits per heavy atom. The average molecular weight is 915 g/mol. The normalized spacial score (nSPS) is 21.8. The topological polar surface area (TPSA) is 204 Å². The number of carbonyl (C=O) groups is 8. The first kappa shape index (κ1) is 49.6. The van der Waals surface area contributed by atoms with Crippen molar-refractivity contribution in [2.75, 3.05) is 40.5 Å². The molecule has 66 heavy (non-hydrogen) atoms. The lowest BCUT2D eigenvalue weighted by Crippen LogP contribution is -2.54. The highest BCUT2D eigenvalue weighted by Crippen LogP contribution is 2.50. The Balaban J connectivity index is 1.14. The lowest BCUT2D eigenvalue weighted by molar-refractivity contribution is -0.153. The van der Waals surface area contributed by atoms with Crippen LogP contribution in [0.1, 0.15) is 118 Å². The molecule has 6 atom stereocenters. The maximum atomic E-state index is 14.0. The zero-order chi connectivity index (χ0) is 48.0. The minimum Gasteiger partial charge on any atom is -0.456 e. The molecule has 2 aromatic rings. The van der Waals surface area contributed by atoms with Gasteiger partial charge in [0, 0.05) is 24.2 Å². The molecule has 16 heteroatoms. The number of benzene rings is 2. The molecule has 0 bridgehead atoms. The van der Waals surface area contributed by atoms with E-state index in [1.807, 2.05) is 32.0 Å². The smallest absolute Gasteiger partial charge is 0.407 e. The molecule has 2 N–H and O–H groups in total. The van der Waals surface area contributed by atoms with Crippen LogP contribution in [0.4, 0.5) is 9.59 Å². The number of fused-ring (bicyclic) bond motifs is 1. The number of likely N-dealkylation sites (tertiary alicyclic amines) is 2. The van der Waals surface area contributed by atoms with E-state index >= 15 is 0 Å². The van der Waals surface area contributed by atoms with Gasteiger partial charge in [-0.3, -0.25) is 19.2 Å². The molecule has 2 aliphatic carbocycles. The van der Waals surface area contributed by atoms with Crippen LogP contribution in [-0.4, -0.2) is 122 Å². The minimum atomic E-state index is -0.908. The molecule has 2 aromatic carbocycles. The summed E-state index contributed by atoms with van der Waals surface area (Å²) >= 11 is 0. The number of esters is 2. The van der Waals surface area contributed by atoms with Gasteiger partial charge in [0.1, 0.15) is 24.2 Å². The highest BCUT2D eigenvalue weighted by molar-refractivity contribution is 6.02. The van der Waals surface area contributed by atoms with E-state index < -0.39 is 79.1 Å². The van der Waals surface area contributed by atoms with Gasteiger partial charge in [-0.1, -0.05) is 97.2 Å². The molecule has 4 amide bonds. The summed E-state index contributed by atoms with van der Waals surface area (Å²) < 4.78 is 20.6. The van der Waals surface area contributed by atoms with Crippen LogP contribution in [0.3, 0.4) is 0 Å². The fraction of sp³-hybridized carbons (Fsp3) is 0.600. The monoisotopic (exact) mass is 914 g/mol. The number of ether oxygens (including phenoxy) is 4. The molecule has 2 heterocycles. The van der Waals surface area contributed by atoms with Gasteiger partial charge in [-0.15, -0.1) is 0 Å². The van der Waals surface area contributed by atoms with E-state index in [9.17, 15) is 38.4 Å². The Hall–Kier alpha value is -5.80. The molecule has 3 fully saturated rings. The number of hydrogen-bond acceptors (Lipinski definition) is 12. The molecule has 2 saturated heterocycles. The van der Waals surface area contributed by atoms with Crippen LogP contribution in [0, 0.1) is 29.1 Å². The minimum absolute atomic E-state index is 0.00107. The van der Waals surface area contributed by atoms with E-state index in [1.165, 1.54) is 24.0 Å². The van der Waals surface area contributed by atoms with E-state index in [1.54, 1.807) is 45.9 Å². The molecule has 4 aliphatic rings. The molecule has 358 valence electrons. The number of nitrogens with one attached hydrogen (secondary N) is 2. The number of Topliss-reactive ketones (excluding diaryl/α,β-unsaturated/α-hetero) is 2. The lowest BCUT2D eigenvalue weighted by Gasteiger charge is -2.33. The summed E-state index contributed by atoms with van der Waals surface area (Å²) in [6, 6.07) is 7.15. The third-order valence-electron chi connectivity index (χ3n) is 13.9. The maximum Gasteiger partial charge on any atom is 0.407 e. The van der Waals surface area contributed by atoms with E-state index in [2.05, 4.69) is 10.6 Å². The number of amides is 4. The summed E-state index contributed by atoms with van der Waals surface area (Å²) in [7, 11) is 2.43. The first-order chi connectivity index (χ1) is 31.4. The molecule has 0 unspecified atom stereocenters. The van der Waals surface area contributed by atoms with Gasteiger partial charge in [0.2, 0.25) is 17.6 Å². The zero-order valence-corrected chi connectivity index (χ0v) is 39.6. The van der Waals surface area contributed by atoms with Gasteiger partial charge in [0.05, 0.1) is 14.2 Å². The standard InChI is InChI=1S/C50H66N4O12/c1-28(2)42(51-48(61)63-7)44(57)53-24-30(5)20-38(53)46(59)65-26-40(55)33-14-12-32(13-15-33)34-16-17-35(37-23-50(22-36(34)37)18-10-9-11-19-50)41(56)27-66-47(60)39-21-31(6)25-54(39)45(58)43(29(3)4)52-49(62)64-8/h12-17,28-31,38-39,42-43H,9-11,18-27H2,1-8H3,(H,51,61)(H,52,62)/t30-,31+,38-,39-,42-,43-/m0/s1. The number of carbonyl (C=O) groups excluding carboxylic acids is 8. The van der Waals surface area contributed by atoms with Crippen molar-refractivity contribution in [3.05, 3.63) is 58.7 Å². The summed E-state index contributed by atoms with van der Waals surface area (Å²) in [6.45, 7) is 10.6. The van der Waals surface area contributed by atoms with Crippen LogP contribution >= 0.6 is 0 Å². The van der Waals surface area contributed by atoms with E-state index in [-0.39, 0.29) is 34.9 Å². The number of rotatable bonds is 15. The summed E-state index contributed by atoms with van der Waals surface area (Å²) in [5.74, 6) is -3.49. The molecular formula is C50H66N4O12. The molecule has 1 spiro atoms. The third kappa shape index (κ3) is 11.1. The highest BCUT2D eigenvalue weighted by Gasteiger charge is 2.45. The summed E-state index contributed by atoms with van der Waals surface area (Å²) in [6.07, 6.45) is 6.18. The van der Waals surface area contributed by atoms with Crippen LogP contribution in [0.15, 0.2) is 36.4 Å². The summed E-state index contributed by atoms with van der Waals surface area (Å²) in [4.78, 5) is 108. The van der Waals surface area contributed by atoms with Gasteiger partial charge >= 0.3 is 24.1 Å². The number of ketones is 2. The number of methoxy groups -OCH3 is 2. The maximum absolute atomic E-state index is 14.0. The Morgan fingerprint density at radius 1 is 0.636 bits per heavy atom. The van der Waals surface area contributed by atoms with Crippen molar-refractivity contribution >= 4 is 47.5 Å². The molecule has 0 radical (unpaired) electrons. The largest absolute Gasteiger partial charge is 0.456 e. The zero-order valence-electron chi connectivity index (χ0n) is 39.6. The summed E-state index contributed by atoms with van der Waals surface area (Å²) in [5.41, 5.74) is 4.66. The molecule has 0 aromatic heterocycles. The first-order valence-corrected chi connectivity index (χ1v) is 23.3. The molecule has 2 aliphatic heterocycles. The van der Waals surface area contributed by atoms with Crippen LogP contribution in [-0.2, 0) is 51.0 Å². The van der Waals surface area contributed by atoms with E-state index in [4.69, 9.17) is 18.9 Å². The van der Waals surface area contributed by atoms with Crippen LogP contribution < -0.4 is 10.6 Å². The van der Waals surface area contributed by atoms with Gasteiger partial charge in [0.25, 0.3) is 0 Å². The first-order valence-electron chi connectivity index (χ1n) is 23.3. The molecule has 6 rings (SSSR count). The fourth-order valence-corrected chi connectivity index (χ4v) is 10.3. The second kappa shape index (κ2) is 21.2. The van der Waals surface area contributed by atoms with Crippen molar-refractivity contribution in [2.24, 2.45) is 29.1 Å². The van der Waals surface area contributed by atoms with Gasteiger partial charge in [-0.25, -0.2) is 19.2 Å². The second-order valence-electron chi connectivity index (χ2n) is 19.6. The van der Waals surface area contributed by atoms with Crippen molar-refractivity contribution in [3.63, 3.8) is 0 Å². The van der Waals surface area contributed by atoms with Crippen LogP contribution in [0.2, 0.25) is 0 Å². The quantitative estimate of drug-likeness (QED) is 0.118. The van der Waals surface area contributed by atoms with E-state index in [0.29, 0.717) is 37.1 Å². The van der Waals surface area contributed by atoms with Crippen molar-refractivity contribution in [2.45, 2.75) is 123 Å². The Labute approximate surface area is 387 Å². The fourth-order valence-electron chi connectivity index (χ4n) is 10.3. The molecular weight excluding hydrogens is 849 g/mol. The van der Waals surface area contributed by atoms with Crippen molar-refractivity contribution in [1.82, 2.24) is 20.4 Å².